The first-order valence-electron chi connectivity index (χ1n) is 4.59. The zero-order chi connectivity index (χ0) is 12.3. The highest BCUT2D eigenvalue weighted by Gasteiger charge is 2.31. The fraction of sp³-hybridized carbons (Fsp3) is 0.400. The van der Waals surface area contributed by atoms with Gasteiger partial charge in [0.05, 0.1) is 12.1 Å². The lowest BCUT2D eigenvalue weighted by molar-refractivity contribution is -0.274. The van der Waals surface area contributed by atoms with Gasteiger partial charge in [-0.2, -0.15) is 0 Å². The van der Waals surface area contributed by atoms with Gasteiger partial charge in [-0.25, -0.2) is 0 Å². The molecule has 6 heteroatoms. The minimum Gasteiger partial charge on any atom is -0.406 e. The van der Waals surface area contributed by atoms with E-state index >= 15 is 0 Å². The van der Waals surface area contributed by atoms with E-state index in [0.29, 0.717) is 5.56 Å². The Kier molecular flexibility index (Phi) is 3.77. The number of aliphatic hydroxyl groups excluding tert-OH is 1. The molecule has 0 heterocycles. The minimum atomic E-state index is -4.70. The zero-order valence-corrected chi connectivity index (χ0v) is 8.53. The molecule has 0 aliphatic heterocycles. The first-order chi connectivity index (χ1) is 7.29. The standard InChI is InChI=1S/C10H12F3NO2/c1-6(15)9(14)7-2-4-8(5-3-7)16-10(11,12)13/h2-6,9,15H,14H2,1H3/t6-,9+/m0/s1. The van der Waals surface area contributed by atoms with Gasteiger partial charge >= 0.3 is 6.36 Å². The Balaban J connectivity index is 2.76. The smallest absolute Gasteiger partial charge is 0.406 e. The van der Waals surface area contributed by atoms with E-state index in [0.717, 1.165) is 12.1 Å². The van der Waals surface area contributed by atoms with Crippen molar-refractivity contribution in [2.75, 3.05) is 0 Å². The van der Waals surface area contributed by atoms with Crippen molar-refractivity contribution in [2.45, 2.75) is 25.4 Å². The molecule has 0 aromatic heterocycles. The van der Waals surface area contributed by atoms with Gasteiger partial charge in [0.25, 0.3) is 0 Å². The molecule has 0 saturated carbocycles. The number of ether oxygens (including phenoxy) is 1. The van der Waals surface area contributed by atoms with Crippen molar-refractivity contribution < 1.29 is 23.0 Å². The van der Waals surface area contributed by atoms with Gasteiger partial charge in [0.15, 0.2) is 0 Å². The summed E-state index contributed by atoms with van der Waals surface area (Å²) in [4.78, 5) is 0. The highest BCUT2D eigenvalue weighted by molar-refractivity contribution is 5.29. The summed E-state index contributed by atoms with van der Waals surface area (Å²) < 4.78 is 39.2. The molecule has 0 unspecified atom stereocenters. The fourth-order valence-corrected chi connectivity index (χ4v) is 1.17. The maximum atomic E-state index is 11.8. The number of benzene rings is 1. The molecular weight excluding hydrogens is 223 g/mol. The fourth-order valence-electron chi connectivity index (χ4n) is 1.17. The molecule has 1 aromatic rings. The van der Waals surface area contributed by atoms with Crippen molar-refractivity contribution in [3.8, 4) is 5.75 Å². The molecule has 1 rings (SSSR count). The maximum Gasteiger partial charge on any atom is 0.573 e. The molecule has 0 aliphatic rings. The Morgan fingerprint density at radius 1 is 1.25 bits per heavy atom. The van der Waals surface area contributed by atoms with Crippen LogP contribution in [0.2, 0.25) is 0 Å². The van der Waals surface area contributed by atoms with Gasteiger partial charge in [0.1, 0.15) is 5.75 Å². The van der Waals surface area contributed by atoms with E-state index in [1.807, 2.05) is 0 Å². The number of hydrogen-bond donors (Lipinski definition) is 2. The van der Waals surface area contributed by atoms with E-state index in [2.05, 4.69) is 4.74 Å². The molecular formula is C10H12F3NO2. The second-order valence-corrected chi connectivity index (χ2v) is 3.38. The Hall–Kier alpha value is -1.27. The van der Waals surface area contributed by atoms with Gasteiger partial charge in [0, 0.05) is 0 Å². The van der Waals surface area contributed by atoms with Crippen LogP contribution in [-0.2, 0) is 0 Å². The van der Waals surface area contributed by atoms with E-state index in [1.54, 1.807) is 0 Å². The maximum absolute atomic E-state index is 11.8. The van der Waals surface area contributed by atoms with Crippen LogP contribution in [0.1, 0.15) is 18.5 Å². The normalized spacial score (nSPS) is 15.6. The zero-order valence-electron chi connectivity index (χ0n) is 8.53. The van der Waals surface area contributed by atoms with Crippen LogP contribution in [0.5, 0.6) is 5.75 Å². The molecule has 1 aromatic carbocycles. The summed E-state index contributed by atoms with van der Waals surface area (Å²) in [6.07, 6.45) is -5.47. The molecule has 3 nitrogen and oxygen atoms in total. The quantitative estimate of drug-likeness (QED) is 0.842. The van der Waals surface area contributed by atoms with Gasteiger partial charge in [-0.15, -0.1) is 13.2 Å². The van der Waals surface area contributed by atoms with Crippen molar-refractivity contribution in [3.05, 3.63) is 29.8 Å². The van der Waals surface area contributed by atoms with Crippen molar-refractivity contribution >= 4 is 0 Å². The number of aliphatic hydroxyl groups is 1. The Morgan fingerprint density at radius 2 is 1.75 bits per heavy atom. The molecule has 0 aliphatic carbocycles. The molecule has 0 radical (unpaired) electrons. The first kappa shape index (κ1) is 12.8. The number of hydrogen-bond acceptors (Lipinski definition) is 3. The summed E-state index contributed by atoms with van der Waals surface area (Å²) in [6, 6.07) is 4.47. The second kappa shape index (κ2) is 4.71. The number of halogens is 3. The Labute approximate surface area is 90.6 Å². The number of nitrogens with two attached hydrogens (primary N) is 1. The van der Waals surface area contributed by atoms with Crippen LogP contribution in [0.4, 0.5) is 13.2 Å². The monoisotopic (exact) mass is 235 g/mol. The lowest BCUT2D eigenvalue weighted by atomic mass is 10.0. The average Bonchev–Trinajstić information content (AvgIpc) is 2.15. The van der Waals surface area contributed by atoms with Crippen molar-refractivity contribution in [2.24, 2.45) is 5.73 Å². The predicted molar refractivity (Wildman–Crippen MR) is 51.7 cm³/mol. The molecule has 3 N–H and O–H groups in total. The summed E-state index contributed by atoms with van der Waals surface area (Å²) >= 11 is 0. The first-order valence-corrected chi connectivity index (χ1v) is 4.59. The molecule has 0 bridgehead atoms. The van der Waals surface area contributed by atoms with E-state index in [-0.39, 0.29) is 5.75 Å². The predicted octanol–water partition coefficient (Wildman–Crippen LogP) is 1.97. The van der Waals surface area contributed by atoms with Crippen LogP contribution >= 0.6 is 0 Å². The van der Waals surface area contributed by atoms with Crippen LogP contribution in [0.15, 0.2) is 24.3 Å². The summed E-state index contributed by atoms with van der Waals surface area (Å²) in [5.74, 6) is -0.311. The highest BCUT2D eigenvalue weighted by Crippen LogP contribution is 2.24. The van der Waals surface area contributed by atoms with Gasteiger partial charge in [0.2, 0.25) is 0 Å². The molecule has 0 fully saturated rings. The Bertz CT molecular complexity index is 335. The van der Waals surface area contributed by atoms with Crippen molar-refractivity contribution in [3.63, 3.8) is 0 Å². The third kappa shape index (κ3) is 3.71. The van der Waals surface area contributed by atoms with Crippen LogP contribution in [0, 0.1) is 0 Å². The lowest BCUT2D eigenvalue weighted by Crippen LogP contribution is -2.23. The topological polar surface area (TPSA) is 55.5 Å². The molecule has 16 heavy (non-hydrogen) atoms. The average molecular weight is 235 g/mol. The lowest BCUT2D eigenvalue weighted by Gasteiger charge is -2.15. The van der Waals surface area contributed by atoms with Crippen molar-refractivity contribution in [1.29, 1.82) is 0 Å². The molecule has 2 atom stereocenters. The van der Waals surface area contributed by atoms with Crippen LogP contribution in [-0.4, -0.2) is 17.6 Å². The van der Waals surface area contributed by atoms with Crippen LogP contribution in [0.25, 0.3) is 0 Å². The number of alkyl halides is 3. The third-order valence-electron chi connectivity index (χ3n) is 2.02. The summed E-state index contributed by atoms with van der Waals surface area (Å²) in [7, 11) is 0. The number of rotatable bonds is 3. The van der Waals surface area contributed by atoms with Crippen LogP contribution in [0.3, 0.4) is 0 Å². The summed E-state index contributed by atoms with van der Waals surface area (Å²) in [6.45, 7) is 1.50. The van der Waals surface area contributed by atoms with Crippen LogP contribution < -0.4 is 10.5 Å². The Morgan fingerprint density at radius 3 is 2.12 bits per heavy atom. The van der Waals surface area contributed by atoms with Gasteiger partial charge in [-0.1, -0.05) is 12.1 Å². The summed E-state index contributed by atoms with van der Waals surface area (Å²) in [5, 5.41) is 9.19. The van der Waals surface area contributed by atoms with Gasteiger partial charge in [-0.05, 0) is 24.6 Å². The van der Waals surface area contributed by atoms with E-state index in [4.69, 9.17) is 5.73 Å². The highest BCUT2D eigenvalue weighted by atomic mass is 19.4. The molecule has 0 saturated heterocycles. The third-order valence-corrected chi connectivity index (χ3v) is 2.02. The van der Waals surface area contributed by atoms with E-state index in [9.17, 15) is 18.3 Å². The van der Waals surface area contributed by atoms with E-state index < -0.39 is 18.5 Å². The van der Waals surface area contributed by atoms with Gasteiger partial charge < -0.3 is 15.6 Å². The summed E-state index contributed by atoms with van der Waals surface area (Å²) in [5.41, 5.74) is 6.15. The largest absolute Gasteiger partial charge is 0.573 e. The van der Waals surface area contributed by atoms with Gasteiger partial charge in [-0.3, -0.25) is 0 Å². The molecule has 0 spiro atoms. The second-order valence-electron chi connectivity index (χ2n) is 3.38. The molecule has 90 valence electrons. The molecule has 0 amide bonds. The minimum absolute atomic E-state index is 0.311. The SMILES string of the molecule is C[C@H](O)[C@@H](N)c1ccc(OC(F)(F)F)cc1. The van der Waals surface area contributed by atoms with Crippen molar-refractivity contribution in [1.82, 2.24) is 0 Å². The van der Waals surface area contributed by atoms with E-state index in [1.165, 1.54) is 19.1 Å².